The predicted molar refractivity (Wildman–Crippen MR) is 94.2 cm³/mol. The molecule has 0 bridgehead atoms. The second-order valence-corrected chi connectivity index (χ2v) is 6.33. The van der Waals surface area contributed by atoms with E-state index in [2.05, 4.69) is 65.5 Å². The van der Waals surface area contributed by atoms with E-state index in [4.69, 9.17) is 0 Å². The molecule has 4 rings (SSSR count). The summed E-state index contributed by atoms with van der Waals surface area (Å²) < 4.78 is 2.22. The zero-order valence-electron chi connectivity index (χ0n) is 13.1. The van der Waals surface area contributed by atoms with Gasteiger partial charge in [-0.3, -0.25) is 0 Å². The molecule has 2 nitrogen and oxygen atoms in total. The first-order chi connectivity index (χ1) is 11.3. The molecular formula is C21H21NO. The first kappa shape index (κ1) is 14.3. The average Bonchev–Trinajstić information content (AvgIpc) is 3.22. The predicted octanol–water partition coefficient (Wildman–Crippen LogP) is 4.91. The Morgan fingerprint density at radius 3 is 1.70 bits per heavy atom. The standard InChI is InChI=1S/C21H21NO/c23-21-13-7-12-20(21)22-14-18(16-8-3-1-4-9-16)19(15-22)17-10-5-2-6-11-17/h1-6,8-11,14-15,20-21,23H,7,12-13H2/t20-,21+/m1/s1. The van der Waals surface area contributed by atoms with Crippen LogP contribution in [0.25, 0.3) is 22.3 Å². The van der Waals surface area contributed by atoms with Crippen molar-refractivity contribution in [3.05, 3.63) is 73.1 Å². The van der Waals surface area contributed by atoms with Crippen molar-refractivity contribution in [3.8, 4) is 22.3 Å². The van der Waals surface area contributed by atoms with Crippen molar-refractivity contribution in [2.24, 2.45) is 0 Å². The Balaban J connectivity index is 1.84. The van der Waals surface area contributed by atoms with Crippen molar-refractivity contribution in [2.45, 2.75) is 31.4 Å². The summed E-state index contributed by atoms with van der Waals surface area (Å²) in [7, 11) is 0. The van der Waals surface area contributed by atoms with Crippen molar-refractivity contribution in [3.63, 3.8) is 0 Å². The van der Waals surface area contributed by atoms with Gasteiger partial charge in [-0.1, -0.05) is 60.7 Å². The molecule has 3 aromatic rings. The van der Waals surface area contributed by atoms with Gasteiger partial charge in [0.2, 0.25) is 0 Å². The Kier molecular flexibility index (Phi) is 3.76. The van der Waals surface area contributed by atoms with Gasteiger partial charge in [0, 0.05) is 23.5 Å². The highest BCUT2D eigenvalue weighted by Gasteiger charge is 2.27. The van der Waals surface area contributed by atoms with Gasteiger partial charge in [-0.25, -0.2) is 0 Å². The first-order valence-electron chi connectivity index (χ1n) is 8.33. The Morgan fingerprint density at radius 2 is 1.26 bits per heavy atom. The summed E-state index contributed by atoms with van der Waals surface area (Å²) in [5.41, 5.74) is 4.90. The fourth-order valence-electron chi connectivity index (χ4n) is 3.63. The smallest absolute Gasteiger partial charge is 0.0747 e. The van der Waals surface area contributed by atoms with E-state index in [1.165, 1.54) is 22.3 Å². The molecule has 0 aliphatic heterocycles. The summed E-state index contributed by atoms with van der Waals surface area (Å²) in [5.74, 6) is 0. The van der Waals surface area contributed by atoms with Gasteiger partial charge in [-0.2, -0.15) is 0 Å². The Hall–Kier alpha value is -2.32. The fourth-order valence-corrected chi connectivity index (χ4v) is 3.63. The van der Waals surface area contributed by atoms with E-state index < -0.39 is 0 Å². The number of rotatable bonds is 3. The van der Waals surface area contributed by atoms with E-state index in [0.717, 1.165) is 19.3 Å². The number of aliphatic hydroxyl groups excluding tert-OH is 1. The summed E-state index contributed by atoms with van der Waals surface area (Å²) in [6.07, 6.45) is 7.25. The minimum absolute atomic E-state index is 0.204. The van der Waals surface area contributed by atoms with Crippen molar-refractivity contribution in [2.75, 3.05) is 0 Å². The maximum atomic E-state index is 10.3. The van der Waals surface area contributed by atoms with E-state index in [0.29, 0.717) is 0 Å². The molecule has 2 atom stereocenters. The maximum Gasteiger partial charge on any atom is 0.0747 e. The van der Waals surface area contributed by atoms with Gasteiger partial charge in [0.25, 0.3) is 0 Å². The minimum atomic E-state index is -0.227. The molecule has 23 heavy (non-hydrogen) atoms. The van der Waals surface area contributed by atoms with Gasteiger partial charge in [0.15, 0.2) is 0 Å². The maximum absolute atomic E-state index is 10.3. The third kappa shape index (κ3) is 2.71. The number of hydrogen-bond donors (Lipinski definition) is 1. The zero-order chi connectivity index (χ0) is 15.6. The molecule has 0 unspecified atom stereocenters. The number of nitrogens with zero attached hydrogens (tertiary/aromatic N) is 1. The molecule has 0 spiro atoms. The molecule has 2 heteroatoms. The second-order valence-electron chi connectivity index (χ2n) is 6.33. The monoisotopic (exact) mass is 303 g/mol. The fraction of sp³-hybridized carbons (Fsp3) is 0.238. The summed E-state index contributed by atoms with van der Waals surface area (Å²) in [6.45, 7) is 0. The summed E-state index contributed by atoms with van der Waals surface area (Å²) >= 11 is 0. The highest BCUT2D eigenvalue weighted by atomic mass is 16.3. The number of aromatic nitrogens is 1. The van der Waals surface area contributed by atoms with Crippen LogP contribution in [0.4, 0.5) is 0 Å². The molecule has 1 heterocycles. The third-order valence-corrected chi connectivity index (χ3v) is 4.84. The third-order valence-electron chi connectivity index (χ3n) is 4.84. The van der Waals surface area contributed by atoms with Crippen LogP contribution in [0.1, 0.15) is 25.3 Å². The van der Waals surface area contributed by atoms with Crippen LogP contribution in [-0.2, 0) is 0 Å². The van der Waals surface area contributed by atoms with Crippen LogP contribution in [0.3, 0.4) is 0 Å². The largest absolute Gasteiger partial charge is 0.391 e. The van der Waals surface area contributed by atoms with Crippen LogP contribution >= 0.6 is 0 Å². The molecule has 0 radical (unpaired) electrons. The molecule has 116 valence electrons. The molecule has 1 fully saturated rings. The average molecular weight is 303 g/mol. The Morgan fingerprint density at radius 1 is 0.739 bits per heavy atom. The molecule has 1 N–H and O–H groups in total. The van der Waals surface area contributed by atoms with Crippen LogP contribution in [0, 0.1) is 0 Å². The Labute approximate surface area is 137 Å². The normalized spacial score (nSPS) is 20.7. The molecule has 1 aromatic heterocycles. The summed E-state index contributed by atoms with van der Waals surface area (Å²) in [6, 6.07) is 21.2. The number of hydrogen-bond acceptors (Lipinski definition) is 1. The molecule has 1 saturated carbocycles. The van der Waals surface area contributed by atoms with Gasteiger partial charge in [0.1, 0.15) is 0 Å². The van der Waals surface area contributed by atoms with E-state index in [1.807, 2.05) is 12.1 Å². The lowest BCUT2D eigenvalue weighted by atomic mass is 9.99. The molecule has 2 aromatic carbocycles. The minimum Gasteiger partial charge on any atom is -0.391 e. The summed E-state index contributed by atoms with van der Waals surface area (Å²) in [5, 5.41) is 10.3. The highest BCUT2D eigenvalue weighted by Crippen LogP contribution is 2.37. The number of aliphatic hydroxyl groups is 1. The van der Waals surface area contributed by atoms with Crippen molar-refractivity contribution < 1.29 is 5.11 Å². The topological polar surface area (TPSA) is 25.2 Å². The molecule has 0 saturated heterocycles. The van der Waals surface area contributed by atoms with Crippen LogP contribution in [0.2, 0.25) is 0 Å². The lowest BCUT2D eigenvalue weighted by Crippen LogP contribution is -2.16. The van der Waals surface area contributed by atoms with Gasteiger partial charge in [-0.05, 0) is 30.4 Å². The first-order valence-corrected chi connectivity index (χ1v) is 8.33. The van der Waals surface area contributed by atoms with Crippen LogP contribution in [0.5, 0.6) is 0 Å². The van der Waals surface area contributed by atoms with E-state index in [-0.39, 0.29) is 12.1 Å². The lowest BCUT2D eigenvalue weighted by molar-refractivity contribution is 0.136. The Bertz CT molecular complexity index is 719. The van der Waals surface area contributed by atoms with Crippen molar-refractivity contribution in [1.29, 1.82) is 0 Å². The van der Waals surface area contributed by atoms with Crippen LogP contribution in [0.15, 0.2) is 73.1 Å². The molecular weight excluding hydrogens is 282 g/mol. The SMILES string of the molecule is O[C@H]1CCC[C@H]1n1cc(-c2ccccc2)c(-c2ccccc2)c1. The summed E-state index contributed by atoms with van der Waals surface area (Å²) in [4.78, 5) is 0. The molecule has 1 aliphatic carbocycles. The van der Waals surface area contributed by atoms with E-state index in [1.54, 1.807) is 0 Å². The second kappa shape index (κ2) is 6.05. The molecule has 0 amide bonds. The molecule has 1 aliphatic rings. The number of benzene rings is 2. The highest BCUT2D eigenvalue weighted by molar-refractivity contribution is 5.83. The van der Waals surface area contributed by atoms with Crippen LogP contribution < -0.4 is 0 Å². The zero-order valence-corrected chi connectivity index (χ0v) is 13.1. The van der Waals surface area contributed by atoms with E-state index in [9.17, 15) is 5.11 Å². The van der Waals surface area contributed by atoms with Gasteiger partial charge in [-0.15, -0.1) is 0 Å². The van der Waals surface area contributed by atoms with Crippen molar-refractivity contribution >= 4 is 0 Å². The van der Waals surface area contributed by atoms with Gasteiger partial charge >= 0.3 is 0 Å². The lowest BCUT2D eigenvalue weighted by Gasteiger charge is -2.16. The van der Waals surface area contributed by atoms with Gasteiger partial charge < -0.3 is 9.67 Å². The van der Waals surface area contributed by atoms with Gasteiger partial charge in [0.05, 0.1) is 12.1 Å². The van der Waals surface area contributed by atoms with Crippen LogP contribution in [-0.4, -0.2) is 15.8 Å². The quantitative estimate of drug-likeness (QED) is 0.731. The van der Waals surface area contributed by atoms with Crippen molar-refractivity contribution in [1.82, 2.24) is 4.57 Å². The van der Waals surface area contributed by atoms with E-state index >= 15 is 0 Å².